The molecule has 0 unspecified atom stereocenters. The van der Waals surface area contributed by atoms with Gasteiger partial charge in [-0.1, -0.05) is 54.1 Å². The van der Waals surface area contributed by atoms with E-state index in [1.807, 2.05) is 53.3 Å². The second-order valence-corrected chi connectivity index (χ2v) is 6.76. The van der Waals surface area contributed by atoms with Crippen molar-refractivity contribution in [2.75, 3.05) is 14.1 Å². The molecule has 0 saturated heterocycles. The largest absolute Gasteiger partial charge is 0.286 e. The van der Waals surface area contributed by atoms with E-state index in [1.54, 1.807) is 25.2 Å². The lowest BCUT2D eigenvalue weighted by Gasteiger charge is -2.08. The first-order chi connectivity index (χ1) is 13.0. The molecule has 0 aliphatic carbocycles. The predicted octanol–water partition coefficient (Wildman–Crippen LogP) is 3.86. The Labute approximate surface area is 163 Å². The lowest BCUT2D eigenvalue weighted by Crippen LogP contribution is -2.34. The van der Waals surface area contributed by atoms with Gasteiger partial charge in [-0.2, -0.15) is 5.10 Å². The average molecular weight is 381 g/mol. The van der Waals surface area contributed by atoms with Crippen molar-refractivity contribution in [2.45, 2.75) is 6.54 Å². The number of benzene rings is 2. The van der Waals surface area contributed by atoms with Gasteiger partial charge in [0.1, 0.15) is 0 Å². The zero-order valence-corrected chi connectivity index (χ0v) is 16.0. The van der Waals surface area contributed by atoms with Gasteiger partial charge >= 0.3 is 0 Å². The molecule has 0 atom stereocenters. The van der Waals surface area contributed by atoms with E-state index in [2.05, 4.69) is 17.6 Å². The monoisotopic (exact) mass is 380 g/mol. The van der Waals surface area contributed by atoms with Gasteiger partial charge in [-0.25, -0.2) is 5.01 Å². The maximum Gasteiger partial charge on any atom is 0.258 e. The second kappa shape index (κ2) is 8.66. The molecule has 138 valence electrons. The minimum absolute atomic E-state index is 0.196. The molecule has 27 heavy (non-hydrogen) atoms. The van der Waals surface area contributed by atoms with Crippen LogP contribution in [0.1, 0.15) is 11.1 Å². The summed E-state index contributed by atoms with van der Waals surface area (Å²) in [4.78, 5) is 11.9. The minimum Gasteiger partial charge on any atom is -0.286 e. The highest BCUT2D eigenvalue weighted by Gasteiger charge is 2.10. The number of hydrazine groups is 1. The van der Waals surface area contributed by atoms with Crippen LogP contribution in [-0.2, 0) is 11.3 Å². The van der Waals surface area contributed by atoms with Crippen LogP contribution in [0.3, 0.4) is 0 Å². The molecule has 1 heterocycles. The number of hydrogen-bond donors (Lipinski definition) is 1. The van der Waals surface area contributed by atoms with E-state index < -0.39 is 0 Å². The number of nitrogens with one attached hydrogen (secondary N) is 1. The average Bonchev–Trinajstić information content (AvgIpc) is 3.03. The molecule has 0 saturated carbocycles. The molecule has 1 N–H and O–H groups in total. The van der Waals surface area contributed by atoms with Gasteiger partial charge in [0.15, 0.2) is 0 Å². The van der Waals surface area contributed by atoms with Crippen molar-refractivity contribution in [1.82, 2.24) is 20.2 Å². The Morgan fingerprint density at radius 3 is 2.52 bits per heavy atom. The SMILES string of the molecule is CN(C)NC(=O)/C=C/c1cn(Cc2ccccc2)nc1-c1ccc(Cl)cc1. The Bertz CT molecular complexity index is 931. The van der Waals surface area contributed by atoms with E-state index in [0.29, 0.717) is 11.6 Å². The summed E-state index contributed by atoms with van der Waals surface area (Å²) in [7, 11) is 3.53. The summed E-state index contributed by atoms with van der Waals surface area (Å²) in [6.07, 6.45) is 5.22. The summed E-state index contributed by atoms with van der Waals surface area (Å²) in [5.41, 5.74) is 6.45. The Morgan fingerprint density at radius 1 is 1.15 bits per heavy atom. The Morgan fingerprint density at radius 2 is 1.85 bits per heavy atom. The fourth-order valence-electron chi connectivity index (χ4n) is 2.67. The summed E-state index contributed by atoms with van der Waals surface area (Å²) < 4.78 is 1.88. The molecule has 0 spiro atoms. The van der Waals surface area contributed by atoms with Gasteiger partial charge in [0.25, 0.3) is 5.91 Å². The van der Waals surface area contributed by atoms with Gasteiger partial charge in [0.2, 0.25) is 0 Å². The minimum atomic E-state index is -0.196. The number of halogens is 1. The highest BCUT2D eigenvalue weighted by atomic mass is 35.5. The van der Waals surface area contributed by atoms with Crippen molar-refractivity contribution >= 4 is 23.6 Å². The molecule has 6 heteroatoms. The third kappa shape index (κ3) is 5.29. The molecule has 0 bridgehead atoms. The third-order valence-electron chi connectivity index (χ3n) is 3.84. The Kier molecular flexibility index (Phi) is 6.06. The van der Waals surface area contributed by atoms with E-state index in [4.69, 9.17) is 16.7 Å². The van der Waals surface area contributed by atoms with E-state index in [1.165, 1.54) is 6.08 Å². The molecule has 5 nitrogen and oxygen atoms in total. The van der Waals surface area contributed by atoms with Crippen molar-refractivity contribution < 1.29 is 4.79 Å². The number of amides is 1. The molecule has 2 aromatic carbocycles. The van der Waals surface area contributed by atoms with Crippen LogP contribution >= 0.6 is 11.6 Å². The highest BCUT2D eigenvalue weighted by Crippen LogP contribution is 2.25. The molecule has 3 aromatic rings. The van der Waals surface area contributed by atoms with Gasteiger partial charge in [0.05, 0.1) is 12.2 Å². The number of aromatic nitrogens is 2. The van der Waals surface area contributed by atoms with E-state index in [-0.39, 0.29) is 5.91 Å². The summed E-state index contributed by atoms with van der Waals surface area (Å²) in [5, 5.41) is 7.00. The molecular weight excluding hydrogens is 360 g/mol. The van der Waals surface area contributed by atoms with Crippen molar-refractivity contribution in [3.8, 4) is 11.3 Å². The normalized spacial score (nSPS) is 11.3. The number of carbonyl (C=O) groups is 1. The van der Waals surface area contributed by atoms with E-state index in [0.717, 1.165) is 22.4 Å². The molecule has 0 fully saturated rings. The first-order valence-electron chi connectivity index (χ1n) is 8.54. The zero-order chi connectivity index (χ0) is 19.2. The lowest BCUT2D eigenvalue weighted by molar-refractivity contribution is -0.119. The van der Waals surface area contributed by atoms with Crippen molar-refractivity contribution in [3.63, 3.8) is 0 Å². The van der Waals surface area contributed by atoms with Crippen LogP contribution in [0.25, 0.3) is 17.3 Å². The first-order valence-corrected chi connectivity index (χ1v) is 8.92. The molecule has 0 radical (unpaired) electrons. The summed E-state index contributed by atoms with van der Waals surface area (Å²) >= 11 is 6.01. The van der Waals surface area contributed by atoms with Gasteiger partial charge in [-0.15, -0.1) is 0 Å². The number of carbonyl (C=O) groups excluding carboxylic acids is 1. The predicted molar refractivity (Wildman–Crippen MR) is 109 cm³/mol. The molecule has 0 aliphatic heterocycles. The summed E-state index contributed by atoms with van der Waals surface area (Å²) in [6, 6.07) is 17.6. The van der Waals surface area contributed by atoms with Crippen LogP contribution in [-0.4, -0.2) is 34.8 Å². The maximum atomic E-state index is 11.9. The number of rotatable bonds is 6. The fraction of sp³-hybridized carbons (Fsp3) is 0.143. The van der Waals surface area contributed by atoms with Crippen LogP contribution in [0.15, 0.2) is 66.9 Å². The summed E-state index contributed by atoms with van der Waals surface area (Å²) in [6.45, 7) is 0.652. The molecule has 1 amide bonds. The van der Waals surface area contributed by atoms with Crippen molar-refractivity contribution in [1.29, 1.82) is 0 Å². The molecule has 0 aliphatic rings. The van der Waals surface area contributed by atoms with Crippen molar-refractivity contribution in [2.24, 2.45) is 0 Å². The van der Waals surface area contributed by atoms with Gasteiger partial charge in [0, 0.05) is 42.5 Å². The zero-order valence-electron chi connectivity index (χ0n) is 15.3. The van der Waals surface area contributed by atoms with Crippen LogP contribution in [0.4, 0.5) is 0 Å². The lowest BCUT2D eigenvalue weighted by atomic mass is 10.1. The third-order valence-corrected chi connectivity index (χ3v) is 4.10. The van der Waals surface area contributed by atoms with Crippen LogP contribution in [0.5, 0.6) is 0 Å². The fourth-order valence-corrected chi connectivity index (χ4v) is 2.79. The van der Waals surface area contributed by atoms with Crippen molar-refractivity contribution in [3.05, 3.63) is 83.0 Å². The summed E-state index contributed by atoms with van der Waals surface area (Å²) in [5.74, 6) is -0.196. The Hall–Kier alpha value is -2.89. The maximum absolute atomic E-state index is 11.9. The standard InChI is InChI=1S/C21H21ClN4O/c1-25(2)23-20(27)13-10-18-15-26(14-16-6-4-3-5-7-16)24-21(18)17-8-11-19(22)12-9-17/h3-13,15H,14H2,1-2H3,(H,23,27)/b13-10+. The van der Waals surface area contributed by atoms with Gasteiger partial charge in [-0.3, -0.25) is 14.9 Å². The molecule has 3 rings (SSSR count). The number of hydrogen-bond acceptors (Lipinski definition) is 3. The van der Waals surface area contributed by atoms with E-state index >= 15 is 0 Å². The topological polar surface area (TPSA) is 50.2 Å². The van der Waals surface area contributed by atoms with Gasteiger partial charge in [-0.05, 0) is 23.8 Å². The van der Waals surface area contributed by atoms with Crippen LogP contribution < -0.4 is 5.43 Å². The number of nitrogens with zero attached hydrogens (tertiary/aromatic N) is 3. The van der Waals surface area contributed by atoms with Gasteiger partial charge < -0.3 is 0 Å². The van der Waals surface area contributed by atoms with E-state index in [9.17, 15) is 4.79 Å². The highest BCUT2D eigenvalue weighted by molar-refractivity contribution is 6.30. The smallest absolute Gasteiger partial charge is 0.258 e. The first kappa shape index (κ1) is 18.9. The Balaban J connectivity index is 1.92. The second-order valence-electron chi connectivity index (χ2n) is 6.33. The van der Waals surface area contributed by atoms with Crippen LogP contribution in [0.2, 0.25) is 5.02 Å². The molecular formula is C21H21ClN4O. The van der Waals surface area contributed by atoms with Crippen LogP contribution in [0, 0.1) is 0 Å². The molecule has 1 aromatic heterocycles. The quantitative estimate of drug-likeness (QED) is 0.522.